The minimum Gasteiger partial charge on any atom is -0.492 e. The van der Waals surface area contributed by atoms with Gasteiger partial charge in [0.25, 0.3) is 0 Å². The number of carbonyl (C=O) groups excluding carboxylic acids is 2. The van der Waals surface area contributed by atoms with E-state index in [2.05, 4.69) is 5.32 Å². The van der Waals surface area contributed by atoms with Gasteiger partial charge in [-0.3, -0.25) is 14.5 Å². The van der Waals surface area contributed by atoms with Crippen molar-refractivity contribution in [2.24, 2.45) is 5.73 Å². The van der Waals surface area contributed by atoms with Crippen LogP contribution in [0.3, 0.4) is 0 Å². The molecule has 1 aromatic carbocycles. The van der Waals surface area contributed by atoms with Crippen LogP contribution in [-0.2, 0) is 9.59 Å². The lowest BCUT2D eigenvalue weighted by Crippen LogP contribution is -2.45. The van der Waals surface area contributed by atoms with Crippen molar-refractivity contribution < 1.29 is 18.7 Å². The highest BCUT2D eigenvalue weighted by atomic mass is 19.1. The first-order valence-electron chi connectivity index (χ1n) is 7.06. The Balaban J connectivity index is 2.27. The summed E-state index contributed by atoms with van der Waals surface area (Å²) in [4.78, 5) is 24.4. The zero-order chi connectivity index (χ0) is 16.5. The number of rotatable bonds is 9. The average Bonchev–Trinajstić information content (AvgIpc) is 2.44. The molecule has 0 aromatic heterocycles. The Morgan fingerprint density at radius 2 is 1.91 bits per heavy atom. The highest BCUT2D eigenvalue weighted by Crippen LogP contribution is 2.10. The molecule has 2 amide bonds. The second kappa shape index (κ2) is 8.99. The van der Waals surface area contributed by atoms with Gasteiger partial charge in [-0.15, -0.1) is 0 Å². The fourth-order valence-corrected chi connectivity index (χ4v) is 1.75. The molecule has 0 unspecified atom stereocenters. The SMILES string of the molecule is CC(C)N(CC(N)=O)CC(=O)NCCOc1ccc(F)cc1. The van der Waals surface area contributed by atoms with Gasteiger partial charge in [0, 0.05) is 6.04 Å². The van der Waals surface area contributed by atoms with Crippen LogP contribution in [0, 0.1) is 5.82 Å². The summed E-state index contributed by atoms with van der Waals surface area (Å²) in [6.07, 6.45) is 0. The molecule has 122 valence electrons. The summed E-state index contributed by atoms with van der Waals surface area (Å²) in [5.41, 5.74) is 5.14. The quantitative estimate of drug-likeness (QED) is 0.651. The Morgan fingerprint density at radius 3 is 2.45 bits per heavy atom. The molecule has 0 aliphatic rings. The number of ether oxygens (including phenoxy) is 1. The van der Waals surface area contributed by atoms with E-state index >= 15 is 0 Å². The van der Waals surface area contributed by atoms with E-state index < -0.39 is 5.91 Å². The molecular weight excluding hydrogens is 289 g/mol. The molecule has 1 aromatic rings. The number of halogens is 1. The Morgan fingerprint density at radius 1 is 1.27 bits per heavy atom. The van der Waals surface area contributed by atoms with Crippen molar-refractivity contribution in [1.29, 1.82) is 0 Å². The van der Waals surface area contributed by atoms with Gasteiger partial charge in [-0.2, -0.15) is 0 Å². The van der Waals surface area contributed by atoms with Crippen LogP contribution in [0.15, 0.2) is 24.3 Å². The molecule has 0 spiro atoms. The lowest BCUT2D eigenvalue weighted by atomic mass is 10.3. The van der Waals surface area contributed by atoms with E-state index in [4.69, 9.17) is 10.5 Å². The van der Waals surface area contributed by atoms with E-state index in [9.17, 15) is 14.0 Å². The van der Waals surface area contributed by atoms with Crippen molar-refractivity contribution in [3.8, 4) is 5.75 Å². The fourth-order valence-electron chi connectivity index (χ4n) is 1.75. The number of amides is 2. The maximum absolute atomic E-state index is 12.7. The molecule has 0 atom stereocenters. The van der Waals surface area contributed by atoms with Crippen LogP contribution >= 0.6 is 0 Å². The summed E-state index contributed by atoms with van der Waals surface area (Å²) >= 11 is 0. The fraction of sp³-hybridized carbons (Fsp3) is 0.467. The molecule has 0 radical (unpaired) electrons. The molecular formula is C15H22FN3O3. The van der Waals surface area contributed by atoms with Crippen molar-refractivity contribution in [2.45, 2.75) is 19.9 Å². The third kappa shape index (κ3) is 7.03. The zero-order valence-corrected chi connectivity index (χ0v) is 12.8. The molecule has 0 saturated heterocycles. The molecule has 0 aliphatic heterocycles. The van der Waals surface area contributed by atoms with Crippen LogP contribution in [0.25, 0.3) is 0 Å². The molecule has 7 heteroatoms. The third-order valence-corrected chi connectivity index (χ3v) is 2.94. The predicted octanol–water partition coefficient (Wildman–Crippen LogP) is 0.516. The largest absolute Gasteiger partial charge is 0.492 e. The van der Waals surface area contributed by atoms with E-state index in [1.807, 2.05) is 13.8 Å². The maximum Gasteiger partial charge on any atom is 0.234 e. The average molecular weight is 311 g/mol. The third-order valence-electron chi connectivity index (χ3n) is 2.94. The van der Waals surface area contributed by atoms with Gasteiger partial charge in [0.1, 0.15) is 18.2 Å². The summed E-state index contributed by atoms with van der Waals surface area (Å²) in [7, 11) is 0. The number of nitrogens with one attached hydrogen (secondary N) is 1. The first-order valence-corrected chi connectivity index (χ1v) is 7.06. The highest BCUT2D eigenvalue weighted by molar-refractivity contribution is 5.80. The monoisotopic (exact) mass is 311 g/mol. The lowest BCUT2D eigenvalue weighted by molar-refractivity contribution is -0.124. The van der Waals surface area contributed by atoms with Crippen molar-refractivity contribution in [2.75, 3.05) is 26.2 Å². The van der Waals surface area contributed by atoms with Crippen molar-refractivity contribution in [3.63, 3.8) is 0 Å². The number of hydrogen-bond acceptors (Lipinski definition) is 4. The number of nitrogens with zero attached hydrogens (tertiary/aromatic N) is 1. The molecule has 1 rings (SSSR count). The van der Waals surface area contributed by atoms with Gasteiger partial charge in [-0.05, 0) is 38.1 Å². The number of nitrogens with two attached hydrogens (primary N) is 1. The Bertz CT molecular complexity index is 491. The number of carbonyl (C=O) groups is 2. The lowest BCUT2D eigenvalue weighted by Gasteiger charge is -2.24. The van der Waals surface area contributed by atoms with E-state index in [-0.39, 0.29) is 37.5 Å². The molecule has 3 N–H and O–H groups in total. The van der Waals surface area contributed by atoms with Crippen LogP contribution in [0.1, 0.15) is 13.8 Å². The first kappa shape index (κ1) is 17.9. The molecule has 0 aliphatic carbocycles. The Kier molecular flexibility index (Phi) is 7.31. The molecule has 0 bridgehead atoms. The summed E-state index contributed by atoms with van der Waals surface area (Å²) in [6, 6.07) is 5.68. The van der Waals surface area contributed by atoms with E-state index in [0.717, 1.165) is 0 Å². The summed E-state index contributed by atoms with van der Waals surface area (Å²) < 4.78 is 18.1. The van der Waals surface area contributed by atoms with Crippen LogP contribution < -0.4 is 15.8 Å². The van der Waals surface area contributed by atoms with Gasteiger partial charge >= 0.3 is 0 Å². The van der Waals surface area contributed by atoms with Crippen molar-refractivity contribution >= 4 is 11.8 Å². The van der Waals surface area contributed by atoms with E-state index in [1.165, 1.54) is 24.3 Å². The smallest absolute Gasteiger partial charge is 0.234 e. The highest BCUT2D eigenvalue weighted by Gasteiger charge is 2.15. The van der Waals surface area contributed by atoms with Crippen molar-refractivity contribution in [1.82, 2.24) is 10.2 Å². The van der Waals surface area contributed by atoms with Gasteiger partial charge in [0.05, 0.1) is 19.6 Å². The second-order valence-electron chi connectivity index (χ2n) is 5.12. The summed E-state index contributed by atoms with van der Waals surface area (Å²) in [5, 5.41) is 2.69. The first-order chi connectivity index (χ1) is 10.4. The summed E-state index contributed by atoms with van der Waals surface area (Å²) in [5.74, 6) is -0.476. The molecule has 0 saturated carbocycles. The molecule has 6 nitrogen and oxygen atoms in total. The van der Waals surface area contributed by atoms with Crippen molar-refractivity contribution in [3.05, 3.63) is 30.1 Å². The number of primary amides is 1. The number of benzene rings is 1. The summed E-state index contributed by atoms with van der Waals surface area (Å²) in [6.45, 7) is 4.49. The molecule has 0 heterocycles. The zero-order valence-electron chi connectivity index (χ0n) is 12.8. The maximum atomic E-state index is 12.7. The van der Waals surface area contributed by atoms with Gasteiger partial charge in [-0.25, -0.2) is 4.39 Å². The standard InChI is InChI=1S/C15H22FN3O3/c1-11(2)19(9-14(17)20)10-15(21)18-7-8-22-13-5-3-12(16)4-6-13/h3-6,11H,7-10H2,1-2H3,(H2,17,20)(H,18,21). The Hall–Kier alpha value is -2.15. The minimum atomic E-state index is -0.471. The molecule has 0 fully saturated rings. The van der Waals surface area contributed by atoms with E-state index in [1.54, 1.807) is 4.90 Å². The Labute approximate surface area is 129 Å². The normalized spacial score (nSPS) is 10.8. The van der Waals surface area contributed by atoms with Gasteiger partial charge in [0.15, 0.2) is 0 Å². The van der Waals surface area contributed by atoms with Crippen LogP contribution in [0.5, 0.6) is 5.75 Å². The second-order valence-corrected chi connectivity index (χ2v) is 5.12. The predicted molar refractivity (Wildman–Crippen MR) is 80.8 cm³/mol. The topological polar surface area (TPSA) is 84.7 Å². The number of hydrogen-bond donors (Lipinski definition) is 2. The van der Waals surface area contributed by atoms with Crippen LogP contribution in [0.4, 0.5) is 4.39 Å². The van der Waals surface area contributed by atoms with Crippen LogP contribution in [-0.4, -0.2) is 49.0 Å². The minimum absolute atomic E-state index is 0.0358. The van der Waals surface area contributed by atoms with Crippen LogP contribution in [0.2, 0.25) is 0 Å². The van der Waals surface area contributed by atoms with Gasteiger partial charge in [0.2, 0.25) is 11.8 Å². The van der Waals surface area contributed by atoms with E-state index in [0.29, 0.717) is 12.3 Å². The van der Waals surface area contributed by atoms with Gasteiger partial charge < -0.3 is 15.8 Å². The van der Waals surface area contributed by atoms with Gasteiger partial charge in [-0.1, -0.05) is 0 Å². The molecule has 22 heavy (non-hydrogen) atoms.